The molecule has 6 nitrogen and oxygen atoms in total. The number of alkyl carbamates (subject to hydrolysis) is 1. The highest BCUT2D eigenvalue weighted by Crippen LogP contribution is 2.24. The van der Waals surface area contributed by atoms with Crippen molar-refractivity contribution in [2.24, 2.45) is 0 Å². The monoisotopic (exact) mass is 339 g/mol. The zero-order valence-corrected chi connectivity index (χ0v) is 14.0. The van der Waals surface area contributed by atoms with E-state index in [0.29, 0.717) is 6.54 Å². The standard InChI is InChI=1S/C19H21N3O3/c1-25-19(24)21-12-13-6-8-15(9-7-13)22-18(23)17-16-5-3-2-4-14(16)10-11-20-17/h2-9,17,20H,10-12H2,1H3,(H,21,24)(H,22,23). The van der Waals surface area contributed by atoms with Crippen molar-refractivity contribution in [1.82, 2.24) is 10.6 Å². The zero-order chi connectivity index (χ0) is 17.6. The Bertz CT molecular complexity index is 759. The maximum atomic E-state index is 12.6. The SMILES string of the molecule is COC(=O)NCc1ccc(NC(=O)C2NCCc3ccccc32)cc1. The molecule has 0 spiro atoms. The molecule has 0 radical (unpaired) electrons. The number of carbonyl (C=O) groups excluding carboxylic acids is 2. The Labute approximate surface area is 146 Å². The van der Waals surface area contributed by atoms with E-state index in [2.05, 4.69) is 26.8 Å². The van der Waals surface area contributed by atoms with E-state index in [1.165, 1.54) is 12.7 Å². The van der Waals surface area contributed by atoms with Crippen LogP contribution in [-0.2, 0) is 22.5 Å². The minimum atomic E-state index is -0.473. The van der Waals surface area contributed by atoms with E-state index in [9.17, 15) is 9.59 Å². The lowest BCUT2D eigenvalue weighted by atomic mass is 9.94. The molecule has 1 aliphatic rings. The van der Waals surface area contributed by atoms with Gasteiger partial charge in [-0.1, -0.05) is 36.4 Å². The molecule has 0 aromatic heterocycles. The number of rotatable bonds is 4. The summed E-state index contributed by atoms with van der Waals surface area (Å²) >= 11 is 0. The number of fused-ring (bicyclic) bond motifs is 1. The molecule has 0 saturated heterocycles. The van der Waals surface area contributed by atoms with Crippen LogP contribution < -0.4 is 16.0 Å². The van der Waals surface area contributed by atoms with Crippen molar-refractivity contribution in [2.75, 3.05) is 19.0 Å². The van der Waals surface area contributed by atoms with Crippen LogP contribution >= 0.6 is 0 Å². The summed E-state index contributed by atoms with van der Waals surface area (Å²) in [5.41, 5.74) is 3.89. The Morgan fingerprint density at radius 2 is 1.92 bits per heavy atom. The average Bonchev–Trinajstić information content (AvgIpc) is 2.66. The summed E-state index contributed by atoms with van der Waals surface area (Å²) < 4.78 is 4.53. The van der Waals surface area contributed by atoms with Gasteiger partial charge in [0.25, 0.3) is 0 Å². The molecule has 2 aromatic rings. The molecule has 2 aromatic carbocycles. The van der Waals surface area contributed by atoms with Gasteiger partial charge in [0.1, 0.15) is 6.04 Å². The van der Waals surface area contributed by atoms with Gasteiger partial charge in [-0.3, -0.25) is 4.79 Å². The van der Waals surface area contributed by atoms with Crippen molar-refractivity contribution < 1.29 is 14.3 Å². The predicted octanol–water partition coefficient (Wildman–Crippen LogP) is 2.37. The summed E-state index contributed by atoms with van der Waals surface area (Å²) in [5.74, 6) is -0.0763. The summed E-state index contributed by atoms with van der Waals surface area (Å²) in [6.45, 7) is 1.16. The van der Waals surface area contributed by atoms with Gasteiger partial charge in [0.05, 0.1) is 7.11 Å². The first-order chi connectivity index (χ1) is 12.2. The second-order valence-electron chi connectivity index (χ2n) is 5.87. The van der Waals surface area contributed by atoms with Crippen molar-refractivity contribution in [2.45, 2.75) is 19.0 Å². The van der Waals surface area contributed by atoms with Crippen molar-refractivity contribution in [1.29, 1.82) is 0 Å². The number of amides is 2. The van der Waals surface area contributed by atoms with Crippen LogP contribution in [0.4, 0.5) is 10.5 Å². The summed E-state index contributed by atoms with van der Waals surface area (Å²) in [6.07, 6.45) is 0.460. The predicted molar refractivity (Wildman–Crippen MR) is 95.2 cm³/mol. The quantitative estimate of drug-likeness (QED) is 0.799. The molecule has 0 aliphatic carbocycles. The normalized spacial score (nSPS) is 15.8. The molecule has 2 amide bonds. The topological polar surface area (TPSA) is 79.5 Å². The molecule has 130 valence electrons. The van der Waals surface area contributed by atoms with E-state index in [1.807, 2.05) is 42.5 Å². The van der Waals surface area contributed by atoms with Crippen LogP contribution in [0.15, 0.2) is 48.5 Å². The van der Waals surface area contributed by atoms with E-state index in [1.54, 1.807) is 0 Å². The van der Waals surface area contributed by atoms with Crippen LogP contribution in [0.2, 0.25) is 0 Å². The van der Waals surface area contributed by atoms with Crippen molar-refractivity contribution in [3.63, 3.8) is 0 Å². The van der Waals surface area contributed by atoms with Crippen molar-refractivity contribution in [3.05, 3.63) is 65.2 Å². The fourth-order valence-corrected chi connectivity index (χ4v) is 2.91. The smallest absolute Gasteiger partial charge is 0.407 e. The van der Waals surface area contributed by atoms with Crippen LogP contribution in [-0.4, -0.2) is 25.7 Å². The van der Waals surface area contributed by atoms with Crippen LogP contribution in [0.3, 0.4) is 0 Å². The van der Waals surface area contributed by atoms with E-state index in [0.717, 1.165) is 29.8 Å². The number of benzene rings is 2. The van der Waals surface area contributed by atoms with Crippen LogP contribution in [0.5, 0.6) is 0 Å². The molecule has 3 N–H and O–H groups in total. The molecule has 1 heterocycles. The summed E-state index contributed by atoms with van der Waals surface area (Å²) in [7, 11) is 1.32. The van der Waals surface area contributed by atoms with Gasteiger partial charge >= 0.3 is 6.09 Å². The first kappa shape index (κ1) is 17.0. The lowest BCUT2D eigenvalue weighted by Gasteiger charge is -2.26. The lowest BCUT2D eigenvalue weighted by molar-refractivity contribution is -0.118. The third-order valence-electron chi connectivity index (χ3n) is 4.21. The van der Waals surface area contributed by atoms with Crippen molar-refractivity contribution >= 4 is 17.7 Å². The van der Waals surface area contributed by atoms with Gasteiger partial charge in [-0.25, -0.2) is 4.79 Å². The average molecular weight is 339 g/mol. The zero-order valence-electron chi connectivity index (χ0n) is 14.0. The van der Waals surface area contributed by atoms with E-state index < -0.39 is 6.09 Å². The number of anilines is 1. The molecule has 6 heteroatoms. The fraction of sp³-hybridized carbons (Fsp3) is 0.263. The highest BCUT2D eigenvalue weighted by molar-refractivity contribution is 5.96. The number of nitrogens with one attached hydrogen (secondary N) is 3. The number of methoxy groups -OCH3 is 1. The minimum Gasteiger partial charge on any atom is -0.453 e. The second-order valence-corrected chi connectivity index (χ2v) is 5.87. The summed E-state index contributed by atoms with van der Waals surface area (Å²) in [5, 5.41) is 8.83. The Balaban J connectivity index is 1.63. The molecular weight excluding hydrogens is 318 g/mol. The number of hydrogen-bond donors (Lipinski definition) is 3. The molecule has 0 fully saturated rings. The molecule has 1 unspecified atom stereocenters. The third-order valence-corrected chi connectivity index (χ3v) is 4.21. The van der Waals surface area contributed by atoms with Crippen molar-refractivity contribution in [3.8, 4) is 0 Å². The number of hydrogen-bond acceptors (Lipinski definition) is 4. The third kappa shape index (κ3) is 4.16. The Hall–Kier alpha value is -2.86. The Morgan fingerprint density at radius 1 is 1.16 bits per heavy atom. The maximum Gasteiger partial charge on any atom is 0.407 e. The Kier molecular flexibility index (Phi) is 5.30. The second kappa shape index (κ2) is 7.81. The van der Waals surface area contributed by atoms with E-state index in [-0.39, 0.29) is 11.9 Å². The fourth-order valence-electron chi connectivity index (χ4n) is 2.91. The molecule has 1 aliphatic heterocycles. The molecule has 0 bridgehead atoms. The first-order valence-electron chi connectivity index (χ1n) is 8.20. The molecular formula is C19H21N3O3. The lowest BCUT2D eigenvalue weighted by Crippen LogP contribution is -2.38. The molecule has 25 heavy (non-hydrogen) atoms. The first-order valence-corrected chi connectivity index (χ1v) is 8.20. The molecule has 1 atom stereocenters. The van der Waals surface area contributed by atoms with Gasteiger partial charge < -0.3 is 20.7 Å². The Morgan fingerprint density at radius 3 is 2.68 bits per heavy atom. The van der Waals surface area contributed by atoms with Gasteiger partial charge in [0, 0.05) is 18.8 Å². The van der Waals surface area contributed by atoms with Gasteiger partial charge in [0.15, 0.2) is 0 Å². The summed E-state index contributed by atoms with van der Waals surface area (Å²) in [6, 6.07) is 15.0. The highest BCUT2D eigenvalue weighted by Gasteiger charge is 2.25. The van der Waals surface area contributed by atoms with Gasteiger partial charge in [-0.15, -0.1) is 0 Å². The number of carbonyl (C=O) groups is 2. The van der Waals surface area contributed by atoms with Gasteiger partial charge in [0.2, 0.25) is 5.91 Å². The van der Waals surface area contributed by atoms with Crippen LogP contribution in [0.25, 0.3) is 0 Å². The van der Waals surface area contributed by atoms with E-state index in [4.69, 9.17) is 0 Å². The number of ether oxygens (including phenoxy) is 1. The van der Waals surface area contributed by atoms with Gasteiger partial charge in [-0.05, 0) is 35.2 Å². The largest absolute Gasteiger partial charge is 0.453 e. The molecule has 3 rings (SSSR count). The minimum absolute atomic E-state index is 0.0763. The van der Waals surface area contributed by atoms with Crippen LogP contribution in [0, 0.1) is 0 Å². The van der Waals surface area contributed by atoms with Crippen LogP contribution in [0.1, 0.15) is 22.7 Å². The van der Waals surface area contributed by atoms with Gasteiger partial charge in [-0.2, -0.15) is 0 Å². The molecule has 0 saturated carbocycles. The highest BCUT2D eigenvalue weighted by atomic mass is 16.5. The summed E-state index contributed by atoms with van der Waals surface area (Å²) in [4.78, 5) is 23.7. The maximum absolute atomic E-state index is 12.6. The van der Waals surface area contributed by atoms with E-state index >= 15 is 0 Å².